The number of fused-ring (bicyclic) bond motifs is 2. The van der Waals surface area contributed by atoms with E-state index in [1.807, 2.05) is 48.5 Å². The number of hydrogen-bond donors (Lipinski definition) is 2. The van der Waals surface area contributed by atoms with Crippen LogP contribution in [0.25, 0.3) is 32.7 Å². The molecule has 0 saturated carbocycles. The summed E-state index contributed by atoms with van der Waals surface area (Å²) < 4.78 is 5.87. The number of aliphatic imine (C=N–C) groups is 1. The molecule has 0 saturated heterocycles. The van der Waals surface area contributed by atoms with Crippen LogP contribution in [0, 0.1) is 16.0 Å². The second kappa shape index (κ2) is 11.5. The first-order valence-corrected chi connectivity index (χ1v) is 13.1. The number of benzene rings is 5. The van der Waals surface area contributed by atoms with Gasteiger partial charge >= 0.3 is 11.9 Å². The van der Waals surface area contributed by atoms with E-state index in [-0.39, 0.29) is 28.7 Å². The maximum absolute atomic E-state index is 13.2. The van der Waals surface area contributed by atoms with E-state index >= 15 is 0 Å². The predicted octanol–water partition coefficient (Wildman–Crippen LogP) is 7.02. The minimum atomic E-state index is -1.07. The number of carbonyl (C=O) groups is 2. The van der Waals surface area contributed by atoms with Gasteiger partial charge in [0.05, 0.1) is 10.5 Å². The molecule has 9 nitrogen and oxygen atoms in total. The third-order valence-electron chi connectivity index (χ3n) is 6.97. The molecule has 0 aliphatic rings. The molecule has 5 aromatic rings. The molecule has 0 amide bonds. The first kappa shape index (κ1) is 28.0. The summed E-state index contributed by atoms with van der Waals surface area (Å²) in [6.45, 7) is 3.51. The van der Waals surface area contributed by atoms with Crippen LogP contribution in [0.5, 0.6) is 11.5 Å². The first-order valence-electron chi connectivity index (χ1n) is 13.1. The van der Waals surface area contributed by atoms with Crippen LogP contribution in [0.3, 0.4) is 0 Å². The van der Waals surface area contributed by atoms with Gasteiger partial charge in [-0.3, -0.25) is 15.1 Å². The van der Waals surface area contributed by atoms with Crippen molar-refractivity contribution < 1.29 is 29.5 Å². The van der Waals surface area contributed by atoms with Crippen molar-refractivity contribution in [1.29, 1.82) is 0 Å². The van der Waals surface area contributed by atoms with Crippen LogP contribution >= 0.6 is 0 Å². The average Bonchev–Trinajstić information content (AvgIpc) is 2.97. The number of phenols is 1. The molecule has 5 aromatic carbocycles. The van der Waals surface area contributed by atoms with Crippen molar-refractivity contribution in [3.05, 3.63) is 112 Å². The number of non-ortho nitro benzene ring substituents is 1. The first-order chi connectivity index (χ1) is 20.2. The number of esters is 1. The van der Waals surface area contributed by atoms with E-state index in [9.17, 15) is 29.9 Å². The molecule has 0 aromatic heterocycles. The van der Waals surface area contributed by atoms with E-state index in [1.165, 1.54) is 30.5 Å². The molecule has 210 valence electrons. The third-order valence-corrected chi connectivity index (χ3v) is 6.97. The SMILES string of the molecule is CC(C)[C@H](N=Cc1cc2ccccc2c(-c2c(OC(=O)c3ccc([N+](=O)[O-])cc3)ccc3ccccc23)c1O)C(=O)O. The Bertz CT molecular complexity index is 1880. The predicted molar refractivity (Wildman–Crippen MR) is 160 cm³/mol. The number of hydrogen-bond acceptors (Lipinski definition) is 7. The van der Waals surface area contributed by atoms with Crippen LogP contribution in [0.1, 0.15) is 29.8 Å². The Morgan fingerprint density at radius 3 is 2.12 bits per heavy atom. The largest absolute Gasteiger partial charge is 0.507 e. The maximum Gasteiger partial charge on any atom is 0.343 e. The highest BCUT2D eigenvalue weighted by molar-refractivity contribution is 6.13. The molecule has 5 rings (SSSR count). The van der Waals surface area contributed by atoms with Crippen LogP contribution in [0.4, 0.5) is 5.69 Å². The number of ether oxygens (including phenoxy) is 1. The number of rotatable bonds is 8. The molecule has 0 aliphatic carbocycles. The van der Waals surface area contributed by atoms with Crippen LogP contribution in [-0.4, -0.2) is 39.3 Å². The number of carbonyl (C=O) groups excluding carboxylic acids is 1. The summed E-state index contributed by atoms with van der Waals surface area (Å²) in [7, 11) is 0. The van der Waals surface area contributed by atoms with Crippen LogP contribution < -0.4 is 4.74 Å². The van der Waals surface area contributed by atoms with E-state index in [4.69, 9.17) is 4.74 Å². The highest BCUT2D eigenvalue weighted by atomic mass is 16.6. The molecule has 0 heterocycles. The topological polar surface area (TPSA) is 139 Å². The fourth-order valence-corrected chi connectivity index (χ4v) is 4.86. The fourth-order valence-electron chi connectivity index (χ4n) is 4.86. The minimum Gasteiger partial charge on any atom is -0.507 e. The minimum absolute atomic E-state index is 0.114. The molecule has 1 atom stereocenters. The molecular formula is C33H26N2O7. The quantitative estimate of drug-likeness (QED) is 0.0681. The molecule has 42 heavy (non-hydrogen) atoms. The smallest absolute Gasteiger partial charge is 0.343 e. The lowest BCUT2D eigenvalue weighted by atomic mass is 9.90. The van der Waals surface area contributed by atoms with E-state index in [0.29, 0.717) is 27.5 Å². The van der Waals surface area contributed by atoms with Gasteiger partial charge in [-0.1, -0.05) is 68.4 Å². The van der Waals surface area contributed by atoms with Crippen molar-refractivity contribution >= 4 is 45.4 Å². The number of aliphatic carboxylic acids is 1. The Hall–Kier alpha value is -5.57. The van der Waals surface area contributed by atoms with Gasteiger partial charge in [0.1, 0.15) is 17.5 Å². The summed E-state index contributed by atoms with van der Waals surface area (Å²) in [5.41, 5.74) is 1.09. The van der Waals surface area contributed by atoms with Crippen LogP contribution in [0.15, 0.2) is 96.0 Å². The number of phenolic OH excluding ortho intramolecular Hbond substituents is 1. The van der Waals surface area contributed by atoms with Gasteiger partial charge in [-0.2, -0.15) is 0 Å². The number of nitrogens with zero attached hydrogens (tertiary/aromatic N) is 2. The number of nitro groups is 1. The zero-order chi connectivity index (χ0) is 30.0. The van der Waals surface area contributed by atoms with E-state index < -0.39 is 22.9 Å². The summed E-state index contributed by atoms with van der Waals surface area (Å²) in [5.74, 6) is -2.07. The number of carboxylic acid groups (broad SMARTS) is 1. The van der Waals surface area contributed by atoms with Gasteiger partial charge in [0.25, 0.3) is 5.69 Å². The van der Waals surface area contributed by atoms with Gasteiger partial charge < -0.3 is 14.9 Å². The lowest BCUT2D eigenvalue weighted by Gasteiger charge is -2.18. The average molecular weight is 563 g/mol. The van der Waals surface area contributed by atoms with Crippen molar-refractivity contribution in [2.45, 2.75) is 19.9 Å². The molecule has 0 bridgehead atoms. The summed E-state index contributed by atoms with van der Waals surface area (Å²) in [5, 5.41) is 35.3. The van der Waals surface area contributed by atoms with Gasteiger partial charge in [0.2, 0.25) is 0 Å². The zero-order valence-electron chi connectivity index (χ0n) is 22.7. The van der Waals surface area contributed by atoms with Gasteiger partial charge in [-0.15, -0.1) is 0 Å². The maximum atomic E-state index is 13.2. The second-order valence-electron chi connectivity index (χ2n) is 10.1. The molecule has 0 unspecified atom stereocenters. The third kappa shape index (κ3) is 5.40. The van der Waals surface area contributed by atoms with E-state index in [0.717, 1.165) is 10.8 Å². The van der Waals surface area contributed by atoms with Gasteiger partial charge in [-0.05, 0) is 51.7 Å². The monoisotopic (exact) mass is 562 g/mol. The molecule has 0 spiro atoms. The van der Waals surface area contributed by atoms with Crippen LogP contribution in [0.2, 0.25) is 0 Å². The Balaban J connectivity index is 1.72. The molecule has 0 fully saturated rings. The summed E-state index contributed by atoms with van der Waals surface area (Å²) in [4.78, 5) is 39.7. The molecule has 0 radical (unpaired) electrons. The Morgan fingerprint density at radius 1 is 0.881 bits per heavy atom. The number of aromatic hydroxyl groups is 1. The number of nitro benzene ring substituents is 1. The molecular weight excluding hydrogens is 536 g/mol. The number of carboxylic acids is 1. The Morgan fingerprint density at radius 2 is 1.50 bits per heavy atom. The zero-order valence-corrected chi connectivity index (χ0v) is 22.7. The van der Waals surface area contributed by atoms with Crippen molar-refractivity contribution in [3.8, 4) is 22.6 Å². The molecule has 0 aliphatic heterocycles. The molecule has 9 heteroatoms. The lowest BCUT2D eigenvalue weighted by molar-refractivity contribution is -0.384. The van der Waals surface area contributed by atoms with Gasteiger partial charge in [0, 0.05) is 35.0 Å². The second-order valence-corrected chi connectivity index (χ2v) is 10.1. The van der Waals surface area contributed by atoms with E-state index in [1.54, 1.807) is 32.0 Å². The van der Waals surface area contributed by atoms with E-state index in [2.05, 4.69) is 4.99 Å². The standard InChI is InChI=1S/C33H26N2O7/c1-19(2)30(32(37)38)34-18-23-17-22-8-4-6-10-26(22)29(31(23)36)28-25-9-5-3-7-20(25)13-16-27(28)42-33(39)21-11-14-24(15-12-21)35(40)41/h3-19,30,36H,1-2H3,(H,37,38)/t30-/m0/s1. The lowest BCUT2D eigenvalue weighted by Crippen LogP contribution is -2.24. The van der Waals surface area contributed by atoms with Gasteiger partial charge in [-0.25, -0.2) is 9.59 Å². The highest BCUT2D eigenvalue weighted by Crippen LogP contribution is 2.46. The van der Waals surface area contributed by atoms with Crippen molar-refractivity contribution in [3.63, 3.8) is 0 Å². The summed E-state index contributed by atoms with van der Waals surface area (Å²) >= 11 is 0. The normalized spacial score (nSPS) is 12.2. The Labute approximate surface area is 240 Å². The van der Waals surface area contributed by atoms with Gasteiger partial charge in [0.15, 0.2) is 0 Å². The fraction of sp³-hybridized carbons (Fsp3) is 0.121. The van der Waals surface area contributed by atoms with Crippen LogP contribution in [-0.2, 0) is 4.79 Å². The Kier molecular flexibility index (Phi) is 7.66. The molecule has 2 N–H and O–H groups in total. The summed E-state index contributed by atoms with van der Waals surface area (Å²) in [6, 6.07) is 24.0. The highest BCUT2D eigenvalue weighted by Gasteiger charge is 2.24. The van der Waals surface area contributed by atoms with Crippen molar-refractivity contribution in [2.75, 3.05) is 0 Å². The van der Waals surface area contributed by atoms with Crippen molar-refractivity contribution in [1.82, 2.24) is 0 Å². The summed E-state index contributed by atoms with van der Waals surface area (Å²) in [6.07, 6.45) is 1.36. The van der Waals surface area contributed by atoms with Crippen molar-refractivity contribution in [2.24, 2.45) is 10.9 Å².